The van der Waals surface area contributed by atoms with E-state index in [0.29, 0.717) is 5.02 Å². The van der Waals surface area contributed by atoms with Gasteiger partial charge in [-0.1, -0.05) is 28.8 Å². The molecule has 0 spiro atoms. The van der Waals surface area contributed by atoms with Crippen molar-refractivity contribution in [2.75, 3.05) is 0 Å². The Bertz CT molecular complexity index is 413. The summed E-state index contributed by atoms with van der Waals surface area (Å²) < 4.78 is 0. The van der Waals surface area contributed by atoms with Crippen LogP contribution < -0.4 is 0 Å². The van der Waals surface area contributed by atoms with Gasteiger partial charge >= 0.3 is 0 Å². The molecule has 0 saturated heterocycles. The van der Waals surface area contributed by atoms with Gasteiger partial charge in [0.15, 0.2) is 0 Å². The van der Waals surface area contributed by atoms with Crippen LogP contribution in [0.25, 0.3) is 10.4 Å². The number of hydrogen-bond donors (Lipinski definition) is 0. The van der Waals surface area contributed by atoms with Crippen molar-refractivity contribution in [2.24, 2.45) is 5.11 Å². The Kier molecular flexibility index (Phi) is 4.16. The normalized spacial score (nSPS) is 11.6. The molecule has 5 heteroatoms. The van der Waals surface area contributed by atoms with E-state index in [1.807, 2.05) is 0 Å². The van der Waals surface area contributed by atoms with E-state index >= 15 is 0 Å². The van der Waals surface area contributed by atoms with Gasteiger partial charge in [0.2, 0.25) is 0 Å². The highest BCUT2D eigenvalue weighted by molar-refractivity contribution is 6.30. The van der Waals surface area contributed by atoms with Gasteiger partial charge in [-0.2, -0.15) is 0 Å². The number of nitrogens with zero attached hydrogens (tertiary/aromatic N) is 3. The maximum Gasteiger partial charge on any atom is 0.130 e. The fourth-order valence-electron chi connectivity index (χ4n) is 1.27. The summed E-state index contributed by atoms with van der Waals surface area (Å²) in [6.07, 6.45) is 0.199. The second-order valence-corrected chi connectivity index (χ2v) is 3.62. The van der Waals surface area contributed by atoms with Crippen LogP contribution in [-0.2, 0) is 4.79 Å². The van der Waals surface area contributed by atoms with Crippen molar-refractivity contribution in [2.45, 2.75) is 19.4 Å². The molecule has 0 aliphatic carbocycles. The lowest BCUT2D eigenvalue weighted by Crippen LogP contribution is -2.01. The smallest absolute Gasteiger partial charge is 0.130 e. The van der Waals surface area contributed by atoms with Gasteiger partial charge in [-0.25, -0.2) is 0 Å². The number of rotatable bonds is 4. The second-order valence-electron chi connectivity index (χ2n) is 3.18. The van der Waals surface area contributed by atoms with E-state index in [9.17, 15) is 4.79 Å². The summed E-state index contributed by atoms with van der Waals surface area (Å²) in [6, 6.07) is 6.51. The highest BCUT2D eigenvalue weighted by Crippen LogP contribution is 2.24. The van der Waals surface area contributed by atoms with Crippen LogP contribution in [0.4, 0.5) is 0 Å². The molecule has 0 amide bonds. The molecule has 1 atom stereocenters. The highest BCUT2D eigenvalue weighted by Gasteiger charge is 2.11. The molecule has 0 aliphatic heterocycles. The molecule has 78 valence electrons. The minimum absolute atomic E-state index is 0.0209. The van der Waals surface area contributed by atoms with Gasteiger partial charge in [0.05, 0.1) is 6.04 Å². The van der Waals surface area contributed by atoms with Crippen LogP contribution in [0.15, 0.2) is 29.4 Å². The van der Waals surface area contributed by atoms with Gasteiger partial charge < -0.3 is 4.79 Å². The number of Topliss-reactive ketones (excluding diaryl/α,β-unsaturated/α-hetero) is 1. The Hall–Kier alpha value is -1.51. The van der Waals surface area contributed by atoms with Gasteiger partial charge in [-0.3, -0.25) is 0 Å². The lowest BCUT2D eigenvalue weighted by atomic mass is 10.0. The molecule has 4 nitrogen and oxygen atoms in total. The molecule has 0 N–H and O–H groups in total. The number of halogens is 1. The predicted molar refractivity (Wildman–Crippen MR) is 58.6 cm³/mol. The van der Waals surface area contributed by atoms with E-state index in [-0.39, 0.29) is 12.2 Å². The topological polar surface area (TPSA) is 65.8 Å². The van der Waals surface area contributed by atoms with Crippen LogP contribution in [0.5, 0.6) is 0 Å². The molecule has 1 aromatic rings. The number of carbonyl (C=O) groups excluding carboxylic acids is 1. The number of azide groups is 1. The first kappa shape index (κ1) is 11.6. The Morgan fingerprint density at radius 1 is 1.67 bits per heavy atom. The summed E-state index contributed by atoms with van der Waals surface area (Å²) in [6.45, 7) is 1.46. The van der Waals surface area contributed by atoms with Crippen LogP contribution >= 0.6 is 11.6 Å². The van der Waals surface area contributed by atoms with Crippen LogP contribution in [0.2, 0.25) is 5.02 Å². The molecular weight excluding hydrogens is 214 g/mol. The van der Waals surface area contributed by atoms with Crippen molar-refractivity contribution in [3.8, 4) is 0 Å². The quantitative estimate of drug-likeness (QED) is 0.436. The molecule has 0 bridgehead atoms. The van der Waals surface area contributed by atoms with E-state index in [2.05, 4.69) is 10.0 Å². The van der Waals surface area contributed by atoms with Crippen LogP contribution in [0, 0.1) is 0 Å². The summed E-state index contributed by atoms with van der Waals surface area (Å²) in [5, 5.41) is 4.14. The number of benzene rings is 1. The molecule has 0 radical (unpaired) electrons. The first-order valence-corrected chi connectivity index (χ1v) is 4.80. The molecule has 0 saturated carbocycles. The summed E-state index contributed by atoms with van der Waals surface area (Å²) in [7, 11) is 0. The molecule has 1 rings (SSSR count). The number of carbonyl (C=O) groups is 1. The first-order chi connectivity index (χ1) is 7.13. The Morgan fingerprint density at radius 2 is 2.40 bits per heavy atom. The van der Waals surface area contributed by atoms with Crippen molar-refractivity contribution in [1.29, 1.82) is 0 Å². The first-order valence-electron chi connectivity index (χ1n) is 4.42. The fraction of sp³-hybridized carbons (Fsp3) is 0.300. The molecule has 0 aliphatic rings. The molecule has 0 aromatic heterocycles. The zero-order valence-corrected chi connectivity index (χ0v) is 8.98. The highest BCUT2D eigenvalue weighted by atomic mass is 35.5. The van der Waals surface area contributed by atoms with Gasteiger partial charge in [0.25, 0.3) is 0 Å². The molecule has 0 fully saturated rings. The van der Waals surface area contributed by atoms with Crippen molar-refractivity contribution >= 4 is 17.4 Å². The van der Waals surface area contributed by atoms with Crippen molar-refractivity contribution in [3.05, 3.63) is 45.3 Å². The van der Waals surface area contributed by atoms with Gasteiger partial charge in [0.1, 0.15) is 5.78 Å². The third-order valence-corrected chi connectivity index (χ3v) is 2.14. The lowest BCUT2D eigenvalue weighted by Gasteiger charge is -2.09. The SMILES string of the molecule is CC(=O)CC(N=[N+]=[N-])c1cccc(Cl)c1. The Balaban J connectivity index is 2.98. The standard InChI is InChI=1S/C10H10ClN3O/c1-7(15)5-10(13-14-12)8-3-2-4-9(11)6-8/h2-4,6,10H,5H2,1H3. The maximum atomic E-state index is 11.0. The Morgan fingerprint density at radius 3 is 2.93 bits per heavy atom. The zero-order chi connectivity index (χ0) is 11.3. The monoisotopic (exact) mass is 223 g/mol. The van der Waals surface area contributed by atoms with Crippen molar-refractivity contribution in [3.63, 3.8) is 0 Å². The summed E-state index contributed by atoms with van der Waals surface area (Å²) >= 11 is 5.81. The maximum absolute atomic E-state index is 11.0. The Labute approximate surface area is 92.5 Å². The van der Waals surface area contributed by atoms with E-state index < -0.39 is 6.04 Å². The van der Waals surface area contributed by atoms with Crippen LogP contribution in [-0.4, -0.2) is 5.78 Å². The average Bonchev–Trinajstić information content (AvgIpc) is 2.16. The minimum atomic E-state index is -0.466. The van der Waals surface area contributed by atoms with Crippen LogP contribution in [0.1, 0.15) is 24.9 Å². The number of hydrogen-bond acceptors (Lipinski definition) is 2. The van der Waals surface area contributed by atoms with E-state index in [0.717, 1.165) is 5.56 Å². The third kappa shape index (κ3) is 3.62. The minimum Gasteiger partial charge on any atom is -0.300 e. The second kappa shape index (κ2) is 5.39. The van der Waals surface area contributed by atoms with E-state index in [1.54, 1.807) is 24.3 Å². The fourth-order valence-corrected chi connectivity index (χ4v) is 1.47. The van der Waals surface area contributed by atoms with Gasteiger partial charge in [0, 0.05) is 16.4 Å². The largest absolute Gasteiger partial charge is 0.300 e. The average molecular weight is 224 g/mol. The third-order valence-electron chi connectivity index (χ3n) is 1.91. The van der Waals surface area contributed by atoms with Crippen molar-refractivity contribution in [1.82, 2.24) is 0 Å². The van der Waals surface area contributed by atoms with E-state index in [4.69, 9.17) is 17.1 Å². The molecule has 1 aromatic carbocycles. The van der Waals surface area contributed by atoms with Crippen molar-refractivity contribution < 1.29 is 4.79 Å². The molecule has 1 unspecified atom stereocenters. The summed E-state index contributed by atoms with van der Waals surface area (Å²) in [5.74, 6) is -0.0209. The van der Waals surface area contributed by atoms with Gasteiger partial charge in [-0.05, 0) is 30.2 Å². The lowest BCUT2D eigenvalue weighted by molar-refractivity contribution is -0.117. The molecule has 15 heavy (non-hydrogen) atoms. The predicted octanol–water partition coefficient (Wildman–Crippen LogP) is 3.67. The van der Waals surface area contributed by atoms with Gasteiger partial charge in [-0.15, -0.1) is 0 Å². The zero-order valence-electron chi connectivity index (χ0n) is 8.22. The van der Waals surface area contributed by atoms with E-state index in [1.165, 1.54) is 6.92 Å². The summed E-state index contributed by atoms with van der Waals surface area (Å²) in [5.41, 5.74) is 9.15. The molecular formula is C10H10ClN3O. The van der Waals surface area contributed by atoms with Crippen LogP contribution in [0.3, 0.4) is 0 Å². The summed E-state index contributed by atoms with van der Waals surface area (Å²) in [4.78, 5) is 13.7. The molecule has 0 heterocycles. The number of ketones is 1.